The summed E-state index contributed by atoms with van der Waals surface area (Å²) in [5.74, 6) is -0.708. The van der Waals surface area contributed by atoms with E-state index in [0.29, 0.717) is 0 Å². The molecular weight excluding hydrogens is 398 g/mol. The van der Waals surface area contributed by atoms with E-state index in [1.807, 2.05) is 6.07 Å². The summed E-state index contributed by atoms with van der Waals surface area (Å²) in [4.78, 5) is 17.1. The van der Waals surface area contributed by atoms with E-state index in [4.69, 9.17) is 0 Å². The van der Waals surface area contributed by atoms with Gasteiger partial charge in [0.25, 0.3) is 15.9 Å². The number of aryl methyl sites for hydroxylation is 1. The second-order valence-electron chi connectivity index (χ2n) is 9.63. The number of anilines is 1. The highest BCUT2D eigenvalue weighted by Gasteiger charge is 2.37. The van der Waals surface area contributed by atoms with Crippen molar-refractivity contribution in [2.24, 2.45) is 0 Å². The third-order valence-electron chi connectivity index (χ3n) is 6.47. The maximum atomic E-state index is 13.0. The first-order valence-electron chi connectivity index (χ1n) is 10.5. The Balaban J connectivity index is 1.64. The van der Waals surface area contributed by atoms with Gasteiger partial charge in [-0.1, -0.05) is 33.8 Å². The number of nitrogens with zero attached hydrogens (tertiary/aromatic N) is 1. The first-order valence-corrected chi connectivity index (χ1v) is 11.9. The van der Waals surface area contributed by atoms with Gasteiger partial charge in [0.05, 0.1) is 16.3 Å². The number of benzene rings is 1. The molecule has 7 heteroatoms. The summed E-state index contributed by atoms with van der Waals surface area (Å²) in [6.45, 7) is 9.53. The van der Waals surface area contributed by atoms with E-state index in [0.717, 1.165) is 49.2 Å². The molecule has 0 fully saturated rings. The number of nitrogens with one attached hydrogen (secondary N) is 2. The number of hydrogen-bond acceptors (Lipinski definition) is 5. The first kappa shape index (κ1) is 20.8. The maximum Gasteiger partial charge on any atom is 0.283 e. The Labute approximate surface area is 178 Å². The predicted octanol–water partition coefficient (Wildman–Crippen LogP) is 3.91. The summed E-state index contributed by atoms with van der Waals surface area (Å²) < 4.78 is 28.2. The molecule has 0 saturated carbocycles. The number of fused-ring (bicyclic) bond motifs is 2. The van der Waals surface area contributed by atoms with Crippen LogP contribution in [-0.4, -0.2) is 25.9 Å². The molecule has 160 valence electrons. The van der Waals surface area contributed by atoms with Crippen molar-refractivity contribution in [1.29, 1.82) is 0 Å². The number of amides is 1. The zero-order chi connectivity index (χ0) is 21.7. The van der Waals surface area contributed by atoms with Gasteiger partial charge in [-0.2, -0.15) is 0 Å². The van der Waals surface area contributed by atoms with Crippen LogP contribution < -0.4 is 10.0 Å². The van der Waals surface area contributed by atoms with Crippen molar-refractivity contribution in [1.82, 2.24) is 9.71 Å². The smallest absolute Gasteiger partial charge is 0.283 e. The molecule has 2 heterocycles. The molecular formula is C23H29N3O3S. The van der Waals surface area contributed by atoms with Gasteiger partial charge in [-0.25, -0.2) is 18.1 Å². The van der Waals surface area contributed by atoms with Gasteiger partial charge in [0.2, 0.25) is 0 Å². The Morgan fingerprint density at radius 1 is 1.03 bits per heavy atom. The van der Waals surface area contributed by atoms with Crippen LogP contribution in [0.4, 0.5) is 5.69 Å². The lowest BCUT2D eigenvalue weighted by Gasteiger charge is -2.42. The minimum Gasteiger partial charge on any atom is -0.384 e. The molecule has 0 radical (unpaired) electrons. The third-order valence-corrected chi connectivity index (χ3v) is 7.80. The number of pyridine rings is 1. The summed E-state index contributed by atoms with van der Waals surface area (Å²) in [7, 11) is -4.01. The Kier molecular flexibility index (Phi) is 4.92. The van der Waals surface area contributed by atoms with Crippen LogP contribution in [0.1, 0.15) is 74.3 Å². The van der Waals surface area contributed by atoms with E-state index < -0.39 is 15.9 Å². The molecule has 2 aromatic rings. The van der Waals surface area contributed by atoms with E-state index in [9.17, 15) is 13.2 Å². The summed E-state index contributed by atoms with van der Waals surface area (Å²) in [5, 5.41) is 3.23. The van der Waals surface area contributed by atoms with Gasteiger partial charge in [0, 0.05) is 6.54 Å². The molecule has 0 spiro atoms. The van der Waals surface area contributed by atoms with E-state index in [-0.39, 0.29) is 21.4 Å². The second kappa shape index (κ2) is 7.08. The van der Waals surface area contributed by atoms with Crippen LogP contribution in [0.25, 0.3) is 0 Å². The Hall–Kier alpha value is -2.41. The van der Waals surface area contributed by atoms with E-state index in [1.54, 1.807) is 24.3 Å². The van der Waals surface area contributed by atoms with E-state index in [2.05, 4.69) is 42.7 Å². The average molecular weight is 428 g/mol. The Morgan fingerprint density at radius 2 is 1.73 bits per heavy atom. The number of carbonyl (C=O) groups is 1. The van der Waals surface area contributed by atoms with Crippen molar-refractivity contribution < 1.29 is 13.2 Å². The zero-order valence-electron chi connectivity index (χ0n) is 18.0. The fraction of sp³-hybridized carbons (Fsp3) is 0.478. The minimum absolute atomic E-state index is 0.00250. The summed E-state index contributed by atoms with van der Waals surface area (Å²) in [6.07, 6.45) is 3.74. The molecule has 30 heavy (non-hydrogen) atoms. The van der Waals surface area contributed by atoms with Crippen molar-refractivity contribution in [3.63, 3.8) is 0 Å². The highest BCUT2D eigenvalue weighted by Crippen LogP contribution is 2.46. The maximum absolute atomic E-state index is 13.0. The zero-order valence-corrected chi connectivity index (χ0v) is 18.8. The van der Waals surface area contributed by atoms with Crippen LogP contribution in [0.2, 0.25) is 0 Å². The van der Waals surface area contributed by atoms with Crippen LogP contribution in [0.15, 0.2) is 35.2 Å². The number of rotatable bonds is 3. The van der Waals surface area contributed by atoms with Gasteiger partial charge >= 0.3 is 0 Å². The molecule has 4 rings (SSSR count). The molecule has 2 N–H and O–H groups in total. The monoisotopic (exact) mass is 427 g/mol. The molecule has 1 aromatic heterocycles. The van der Waals surface area contributed by atoms with Crippen LogP contribution in [-0.2, 0) is 27.3 Å². The van der Waals surface area contributed by atoms with Crippen molar-refractivity contribution in [3.8, 4) is 0 Å². The van der Waals surface area contributed by atoms with Gasteiger partial charge in [-0.05, 0) is 71.9 Å². The Morgan fingerprint density at radius 3 is 2.47 bits per heavy atom. The number of aromatic nitrogens is 1. The van der Waals surface area contributed by atoms with E-state index in [1.165, 1.54) is 5.56 Å². The van der Waals surface area contributed by atoms with Crippen LogP contribution in [0.3, 0.4) is 0 Å². The molecule has 1 aliphatic carbocycles. The molecule has 0 unspecified atom stereocenters. The van der Waals surface area contributed by atoms with Crippen molar-refractivity contribution in [2.75, 3.05) is 11.9 Å². The number of sulfonamides is 1. The molecule has 2 aliphatic rings. The minimum atomic E-state index is -4.01. The molecule has 0 saturated heterocycles. The lowest BCUT2D eigenvalue weighted by Crippen LogP contribution is -2.35. The molecule has 6 nitrogen and oxygen atoms in total. The molecule has 0 bridgehead atoms. The van der Waals surface area contributed by atoms with Crippen LogP contribution in [0.5, 0.6) is 0 Å². The highest BCUT2D eigenvalue weighted by atomic mass is 32.2. The summed E-state index contributed by atoms with van der Waals surface area (Å²) in [6, 6.07) is 8.57. The molecule has 1 amide bonds. The summed E-state index contributed by atoms with van der Waals surface area (Å²) in [5.41, 5.74) is 3.90. The van der Waals surface area contributed by atoms with E-state index >= 15 is 0 Å². The van der Waals surface area contributed by atoms with Gasteiger partial charge in [0.1, 0.15) is 5.69 Å². The molecule has 1 aliphatic heterocycles. The predicted molar refractivity (Wildman–Crippen MR) is 117 cm³/mol. The molecule has 1 aromatic carbocycles. The quantitative estimate of drug-likeness (QED) is 0.775. The summed E-state index contributed by atoms with van der Waals surface area (Å²) >= 11 is 0. The largest absolute Gasteiger partial charge is 0.384 e. The fourth-order valence-electron chi connectivity index (χ4n) is 4.43. The highest BCUT2D eigenvalue weighted by molar-refractivity contribution is 7.90. The second-order valence-corrected chi connectivity index (χ2v) is 11.3. The van der Waals surface area contributed by atoms with Crippen molar-refractivity contribution in [3.05, 3.63) is 52.8 Å². The number of carbonyl (C=O) groups excluding carboxylic acids is 1. The van der Waals surface area contributed by atoms with Gasteiger partial charge < -0.3 is 5.32 Å². The Bertz CT molecular complexity index is 1120. The standard InChI is InChI=1S/C23H29N3O3S/c1-22(2)11-12-23(3,4)17-14-15(7-8-16(17)22)30(28,29)26-21(27)20-10-9-18-19(25-20)6-5-13-24-18/h7-10,14,24H,5-6,11-13H2,1-4H3,(H,26,27). The van der Waals surface area contributed by atoms with Crippen molar-refractivity contribution >= 4 is 21.6 Å². The van der Waals surface area contributed by atoms with Crippen LogP contribution in [0, 0.1) is 0 Å². The molecule has 0 atom stereocenters. The third kappa shape index (κ3) is 3.71. The topological polar surface area (TPSA) is 88.2 Å². The average Bonchev–Trinajstić information content (AvgIpc) is 2.70. The number of hydrogen-bond donors (Lipinski definition) is 2. The lowest BCUT2D eigenvalue weighted by molar-refractivity contribution is 0.0976. The van der Waals surface area contributed by atoms with Gasteiger partial charge in [-0.15, -0.1) is 0 Å². The van der Waals surface area contributed by atoms with Crippen molar-refractivity contribution in [2.45, 2.75) is 69.1 Å². The normalized spacial score (nSPS) is 19.2. The first-order chi connectivity index (χ1) is 14.0. The lowest BCUT2D eigenvalue weighted by atomic mass is 9.63. The fourth-order valence-corrected chi connectivity index (χ4v) is 5.41. The SMILES string of the molecule is CC1(C)CCC(C)(C)c2cc(S(=O)(=O)NC(=O)c3ccc4c(n3)CCCN4)ccc21. The van der Waals surface area contributed by atoms with Crippen LogP contribution >= 0.6 is 0 Å². The van der Waals surface area contributed by atoms with Gasteiger partial charge in [0.15, 0.2) is 0 Å². The van der Waals surface area contributed by atoms with Gasteiger partial charge in [-0.3, -0.25) is 4.79 Å².